The van der Waals surface area contributed by atoms with E-state index in [0.29, 0.717) is 23.1 Å². The average molecular weight is 450 g/mol. The van der Waals surface area contributed by atoms with Crippen molar-refractivity contribution in [3.05, 3.63) is 65.0 Å². The van der Waals surface area contributed by atoms with Crippen LogP contribution in [0.4, 0.5) is 8.78 Å². The first-order valence-corrected chi connectivity index (χ1v) is 9.83. The number of nitrogens with zero attached hydrogens (tertiary/aromatic N) is 3. The summed E-state index contributed by atoms with van der Waals surface area (Å²) in [4.78, 5) is 18.7. The van der Waals surface area contributed by atoms with Crippen molar-refractivity contribution in [2.45, 2.75) is 31.6 Å². The highest BCUT2D eigenvalue weighted by molar-refractivity contribution is 6.30. The molecule has 1 aromatic heterocycles. The topological polar surface area (TPSA) is 88.7 Å². The molecule has 2 atom stereocenters. The number of aliphatic hydroxyl groups is 1. The number of halogens is 3. The second kappa shape index (κ2) is 8.24. The minimum atomic E-state index is -3.29. The van der Waals surface area contributed by atoms with Crippen LogP contribution in [0, 0.1) is 0 Å². The predicted octanol–water partition coefficient (Wildman–Crippen LogP) is 4.33. The van der Waals surface area contributed by atoms with Gasteiger partial charge in [-0.25, -0.2) is 0 Å². The van der Waals surface area contributed by atoms with Crippen molar-refractivity contribution < 1.29 is 27.9 Å². The second-order valence-electron chi connectivity index (χ2n) is 7.26. The lowest BCUT2D eigenvalue weighted by molar-refractivity contribution is -0.158. The largest absolute Gasteiger partial charge is 0.433 e. The number of rotatable bonds is 5. The van der Waals surface area contributed by atoms with E-state index >= 15 is 0 Å². The van der Waals surface area contributed by atoms with Crippen molar-refractivity contribution in [3.8, 4) is 17.1 Å². The predicted molar refractivity (Wildman–Crippen MR) is 107 cm³/mol. The molecule has 1 aliphatic rings. The van der Waals surface area contributed by atoms with E-state index in [1.165, 1.54) is 29.2 Å². The van der Waals surface area contributed by atoms with Crippen LogP contribution in [0.3, 0.4) is 0 Å². The number of carbonyl (C=O) groups excluding carboxylic acids is 1. The Morgan fingerprint density at radius 2 is 1.90 bits per heavy atom. The molecule has 3 aromatic rings. The normalized spacial score (nSPS) is 18.9. The highest BCUT2D eigenvalue weighted by Gasteiger charge is 2.39. The summed E-state index contributed by atoms with van der Waals surface area (Å²) in [6, 6.07) is 11.6. The summed E-state index contributed by atoms with van der Waals surface area (Å²) in [6.45, 7) is 0.778. The smallest absolute Gasteiger partial charge is 0.394 e. The molecule has 1 unspecified atom stereocenters. The fourth-order valence-electron chi connectivity index (χ4n) is 3.40. The summed E-state index contributed by atoms with van der Waals surface area (Å²) < 4.78 is 35.8. The summed E-state index contributed by atoms with van der Waals surface area (Å²) >= 11 is 5.88. The molecule has 0 saturated carbocycles. The maximum absolute atomic E-state index is 13.0. The standard InChI is InChI=1S/C21H18ClF2N3O4/c1-21(23,24)30-16-8-4-12(5-9-16)18-25-19(31-26-18)17-10-15(28)11-27(17)20(29)13-2-6-14(22)7-3-13/h2-9,15,17,28H,10-11H2,1H3/t15-,17?/m1/s1. The molecule has 0 bridgehead atoms. The summed E-state index contributed by atoms with van der Waals surface area (Å²) in [6.07, 6.45) is -3.77. The van der Waals surface area contributed by atoms with Crippen molar-refractivity contribution in [2.75, 3.05) is 6.54 Å². The third kappa shape index (κ3) is 4.83. The van der Waals surface area contributed by atoms with Crippen molar-refractivity contribution in [1.29, 1.82) is 0 Å². The lowest BCUT2D eigenvalue weighted by atomic mass is 10.1. The maximum Gasteiger partial charge on any atom is 0.394 e. The number of alkyl halides is 2. The van der Waals surface area contributed by atoms with Crippen LogP contribution < -0.4 is 4.74 Å². The number of carbonyl (C=O) groups is 1. The van der Waals surface area contributed by atoms with E-state index < -0.39 is 18.3 Å². The highest BCUT2D eigenvalue weighted by Crippen LogP contribution is 2.34. The molecule has 0 spiro atoms. The zero-order valence-electron chi connectivity index (χ0n) is 16.3. The van der Waals surface area contributed by atoms with Gasteiger partial charge in [0.25, 0.3) is 5.91 Å². The maximum atomic E-state index is 13.0. The number of β-amino-alcohol motifs (C(OH)–C–C–N with tert-alkyl or cyclic N) is 1. The monoisotopic (exact) mass is 449 g/mol. The van der Waals surface area contributed by atoms with Gasteiger partial charge >= 0.3 is 6.11 Å². The Labute approximate surface area is 181 Å². The Morgan fingerprint density at radius 1 is 1.23 bits per heavy atom. The average Bonchev–Trinajstić information content (AvgIpc) is 3.34. The van der Waals surface area contributed by atoms with Crippen LogP contribution in [0.15, 0.2) is 53.1 Å². The summed E-state index contributed by atoms with van der Waals surface area (Å²) in [5.41, 5.74) is 0.947. The molecule has 1 aliphatic heterocycles. The second-order valence-corrected chi connectivity index (χ2v) is 7.70. The van der Waals surface area contributed by atoms with E-state index in [1.54, 1.807) is 24.3 Å². The van der Waals surface area contributed by atoms with Crippen molar-refractivity contribution in [1.82, 2.24) is 15.0 Å². The van der Waals surface area contributed by atoms with Crippen LogP contribution in [0.5, 0.6) is 5.75 Å². The van der Waals surface area contributed by atoms with Gasteiger partial charge in [-0.15, -0.1) is 0 Å². The molecule has 1 N–H and O–H groups in total. The summed E-state index contributed by atoms with van der Waals surface area (Å²) in [5, 5.41) is 14.6. The number of hydrogen-bond acceptors (Lipinski definition) is 6. The third-order valence-corrected chi connectivity index (χ3v) is 5.02. The number of hydrogen-bond donors (Lipinski definition) is 1. The molecule has 1 fully saturated rings. The van der Waals surface area contributed by atoms with Gasteiger partial charge in [0.2, 0.25) is 11.7 Å². The van der Waals surface area contributed by atoms with Crippen LogP contribution >= 0.6 is 11.6 Å². The first-order valence-electron chi connectivity index (χ1n) is 9.45. The van der Waals surface area contributed by atoms with Gasteiger partial charge in [0, 0.05) is 36.0 Å². The minimum absolute atomic E-state index is 0.00128. The van der Waals surface area contributed by atoms with E-state index in [9.17, 15) is 18.7 Å². The molecule has 162 valence electrons. The molecule has 0 radical (unpaired) electrons. The van der Waals surface area contributed by atoms with E-state index in [1.807, 2.05) is 0 Å². The Balaban J connectivity index is 1.54. The number of aliphatic hydroxyl groups excluding tert-OH is 1. The summed E-state index contributed by atoms with van der Waals surface area (Å²) in [7, 11) is 0. The Morgan fingerprint density at radius 3 is 2.55 bits per heavy atom. The molecule has 4 rings (SSSR count). The lowest BCUT2D eigenvalue weighted by Gasteiger charge is -2.21. The molecule has 2 heterocycles. The first kappa shape index (κ1) is 21.2. The number of benzene rings is 2. The quantitative estimate of drug-likeness (QED) is 0.623. The van der Waals surface area contributed by atoms with E-state index in [2.05, 4.69) is 14.9 Å². The number of aromatic nitrogens is 2. The van der Waals surface area contributed by atoms with E-state index in [-0.39, 0.29) is 36.3 Å². The zero-order valence-corrected chi connectivity index (χ0v) is 17.1. The molecule has 2 aromatic carbocycles. The molecule has 0 aliphatic carbocycles. The van der Waals surface area contributed by atoms with Crippen molar-refractivity contribution in [2.24, 2.45) is 0 Å². The Hall–Kier alpha value is -3.04. The molecule has 31 heavy (non-hydrogen) atoms. The molecule has 10 heteroatoms. The number of amides is 1. The van der Waals surface area contributed by atoms with Crippen LogP contribution in [-0.4, -0.2) is 44.8 Å². The fraction of sp³-hybridized carbons (Fsp3) is 0.286. The lowest BCUT2D eigenvalue weighted by Crippen LogP contribution is -2.31. The molecular weight excluding hydrogens is 432 g/mol. The highest BCUT2D eigenvalue weighted by atomic mass is 35.5. The van der Waals surface area contributed by atoms with Gasteiger partial charge in [0.15, 0.2) is 0 Å². The van der Waals surface area contributed by atoms with Crippen LogP contribution in [0.1, 0.15) is 35.6 Å². The SMILES string of the molecule is CC(F)(F)Oc1ccc(-c2noc(C3C[C@@H](O)CN3C(=O)c3ccc(Cl)cc3)n2)cc1. The van der Waals surface area contributed by atoms with Crippen molar-refractivity contribution >= 4 is 17.5 Å². The Bertz CT molecular complexity index is 1070. The molecule has 1 amide bonds. The molecule has 7 nitrogen and oxygen atoms in total. The van der Waals surface area contributed by atoms with Crippen LogP contribution in [0.2, 0.25) is 5.02 Å². The third-order valence-electron chi connectivity index (χ3n) is 4.77. The van der Waals surface area contributed by atoms with Gasteiger partial charge in [0.1, 0.15) is 11.8 Å². The summed E-state index contributed by atoms with van der Waals surface area (Å²) in [5.74, 6) is 0.109. The van der Waals surface area contributed by atoms with Gasteiger partial charge in [-0.05, 0) is 48.5 Å². The van der Waals surface area contributed by atoms with Gasteiger partial charge < -0.3 is 19.3 Å². The van der Waals surface area contributed by atoms with Gasteiger partial charge in [0.05, 0.1) is 6.10 Å². The Kier molecular flexibility index (Phi) is 5.63. The van der Waals surface area contributed by atoms with Gasteiger partial charge in [-0.3, -0.25) is 4.79 Å². The molecule has 1 saturated heterocycles. The minimum Gasteiger partial charge on any atom is -0.433 e. The van der Waals surface area contributed by atoms with E-state index in [0.717, 1.165) is 0 Å². The van der Waals surface area contributed by atoms with Crippen LogP contribution in [0.25, 0.3) is 11.4 Å². The van der Waals surface area contributed by atoms with Crippen LogP contribution in [-0.2, 0) is 0 Å². The molecular formula is C21H18ClF2N3O4. The zero-order chi connectivity index (χ0) is 22.2. The number of likely N-dealkylation sites (tertiary alicyclic amines) is 1. The fourth-order valence-corrected chi connectivity index (χ4v) is 3.52. The van der Waals surface area contributed by atoms with Crippen molar-refractivity contribution in [3.63, 3.8) is 0 Å². The number of ether oxygens (including phenoxy) is 1. The van der Waals surface area contributed by atoms with Gasteiger partial charge in [-0.2, -0.15) is 13.8 Å². The van der Waals surface area contributed by atoms with Gasteiger partial charge in [-0.1, -0.05) is 16.8 Å². The van der Waals surface area contributed by atoms with E-state index in [4.69, 9.17) is 16.1 Å². The first-order chi connectivity index (χ1) is 14.7.